The molecule has 15 heavy (non-hydrogen) atoms. The van der Waals surface area contributed by atoms with E-state index in [1.54, 1.807) is 0 Å². The van der Waals surface area contributed by atoms with Crippen molar-refractivity contribution in [2.75, 3.05) is 5.32 Å². The van der Waals surface area contributed by atoms with Crippen molar-refractivity contribution in [1.82, 2.24) is 0 Å². The molecule has 0 atom stereocenters. The maximum atomic E-state index is 10.7. The summed E-state index contributed by atoms with van der Waals surface area (Å²) >= 11 is 0. The minimum Gasteiger partial charge on any atom is -0.351 e. The molecule has 0 unspecified atom stereocenters. The number of carbonyl (C=O) groups is 1. The lowest BCUT2D eigenvalue weighted by atomic mass is 10.0. The molecule has 0 radical (unpaired) electrons. The topological polar surface area (TPSA) is 55.1 Å². The summed E-state index contributed by atoms with van der Waals surface area (Å²) in [6.45, 7) is 4.28. The van der Waals surface area contributed by atoms with Crippen molar-refractivity contribution < 1.29 is 4.79 Å². The van der Waals surface area contributed by atoms with Gasteiger partial charge < -0.3 is 11.1 Å². The monoisotopic (exact) mass is 206 g/mol. The fourth-order valence-electron chi connectivity index (χ4n) is 1.69. The van der Waals surface area contributed by atoms with Gasteiger partial charge in [0.25, 0.3) is 0 Å². The van der Waals surface area contributed by atoms with Crippen LogP contribution in [-0.2, 0) is 12.8 Å². The molecule has 0 aromatic heterocycles. The SMILES string of the molecule is CCCc1ccc(NC(N)=O)cc1CC. The Morgan fingerprint density at radius 2 is 2.07 bits per heavy atom. The van der Waals surface area contributed by atoms with Crippen LogP contribution in [0.1, 0.15) is 31.4 Å². The van der Waals surface area contributed by atoms with Gasteiger partial charge in [-0.2, -0.15) is 0 Å². The van der Waals surface area contributed by atoms with Gasteiger partial charge in [0.2, 0.25) is 0 Å². The molecular formula is C12H18N2O. The molecule has 3 nitrogen and oxygen atoms in total. The van der Waals surface area contributed by atoms with Crippen LogP contribution < -0.4 is 11.1 Å². The van der Waals surface area contributed by atoms with E-state index in [-0.39, 0.29) is 0 Å². The lowest BCUT2D eigenvalue weighted by Gasteiger charge is -2.09. The first-order valence-corrected chi connectivity index (χ1v) is 5.35. The van der Waals surface area contributed by atoms with Gasteiger partial charge in [0.15, 0.2) is 0 Å². The molecule has 0 heterocycles. The van der Waals surface area contributed by atoms with E-state index in [9.17, 15) is 4.79 Å². The number of nitrogens with two attached hydrogens (primary N) is 1. The molecule has 82 valence electrons. The van der Waals surface area contributed by atoms with E-state index in [2.05, 4.69) is 25.2 Å². The van der Waals surface area contributed by atoms with Crippen molar-refractivity contribution in [3.63, 3.8) is 0 Å². The predicted molar refractivity (Wildman–Crippen MR) is 63.0 cm³/mol. The molecule has 0 saturated carbocycles. The number of rotatable bonds is 4. The van der Waals surface area contributed by atoms with Crippen molar-refractivity contribution in [3.05, 3.63) is 29.3 Å². The van der Waals surface area contributed by atoms with Crippen molar-refractivity contribution in [2.45, 2.75) is 33.1 Å². The lowest BCUT2D eigenvalue weighted by Crippen LogP contribution is -2.19. The third kappa shape index (κ3) is 3.27. The quantitative estimate of drug-likeness (QED) is 0.781. The summed E-state index contributed by atoms with van der Waals surface area (Å²) in [5.74, 6) is 0. The molecule has 1 rings (SSSR count). The average Bonchev–Trinajstić information content (AvgIpc) is 2.20. The van der Waals surface area contributed by atoms with Crippen LogP contribution >= 0.6 is 0 Å². The number of nitrogens with one attached hydrogen (secondary N) is 1. The summed E-state index contributed by atoms with van der Waals surface area (Å²) in [4.78, 5) is 10.7. The van der Waals surface area contributed by atoms with Crippen LogP contribution in [0.3, 0.4) is 0 Å². The third-order valence-electron chi connectivity index (χ3n) is 2.37. The predicted octanol–water partition coefficient (Wildman–Crippen LogP) is 2.69. The Morgan fingerprint density at radius 3 is 2.60 bits per heavy atom. The van der Waals surface area contributed by atoms with Crippen LogP contribution in [0.25, 0.3) is 0 Å². The number of amides is 2. The summed E-state index contributed by atoms with van der Waals surface area (Å²) in [6.07, 6.45) is 3.19. The van der Waals surface area contributed by atoms with E-state index in [0.717, 1.165) is 24.9 Å². The Labute approximate surface area is 90.7 Å². The van der Waals surface area contributed by atoms with Crippen molar-refractivity contribution in [2.24, 2.45) is 5.73 Å². The summed E-state index contributed by atoms with van der Waals surface area (Å²) in [5.41, 5.74) is 8.48. The summed E-state index contributed by atoms with van der Waals surface area (Å²) < 4.78 is 0. The average molecular weight is 206 g/mol. The number of urea groups is 1. The van der Waals surface area contributed by atoms with Crippen LogP contribution in [0, 0.1) is 0 Å². The van der Waals surface area contributed by atoms with E-state index in [1.807, 2.05) is 12.1 Å². The van der Waals surface area contributed by atoms with E-state index in [1.165, 1.54) is 11.1 Å². The van der Waals surface area contributed by atoms with E-state index < -0.39 is 6.03 Å². The molecule has 2 amide bonds. The number of benzene rings is 1. The van der Waals surface area contributed by atoms with Crippen molar-refractivity contribution in [1.29, 1.82) is 0 Å². The number of hydrogen-bond acceptors (Lipinski definition) is 1. The molecule has 0 aliphatic heterocycles. The van der Waals surface area contributed by atoms with Gasteiger partial charge in [-0.1, -0.05) is 26.3 Å². The second-order valence-electron chi connectivity index (χ2n) is 3.58. The van der Waals surface area contributed by atoms with E-state index in [0.29, 0.717) is 0 Å². The molecule has 1 aromatic rings. The number of carbonyl (C=O) groups excluding carboxylic acids is 1. The van der Waals surface area contributed by atoms with Crippen molar-refractivity contribution >= 4 is 11.7 Å². The van der Waals surface area contributed by atoms with Crippen LogP contribution in [0.5, 0.6) is 0 Å². The molecule has 0 saturated heterocycles. The second-order valence-corrected chi connectivity index (χ2v) is 3.58. The Hall–Kier alpha value is -1.51. The zero-order valence-electron chi connectivity index (χ0n) is 9.34. The fraction of sp³-hybridized carbons (Fsp3) is 0.417. The van der Waals surface area contributed by atoms with Gasteiger partial charge in [0, 0.05) is 5.69 Å². The first-order chi connectivity index (χ1) is 7.17. The first kappa shape index (κ1) is 11.6. The van der Waals surface area contributed by atoms with Crippen LogP contribution in [0.15, 0.2) is 18.2 Å². The molecule has 0 bridgehead atoms. The first-order valence-electron chi connectivity index (χ1n) is 5.35. The molecule has 3 heteroatoms. The normalized spacial score (nSPS) is 10.0. The number of anilines is 1. The summed E-state index contributed by atoms with van der Waals surface area (Å²) in [6, 6.07) is 5.44. The van der Waals surface area contributed by atoms with E-state index >= 15 is 0 Å². The molecule has 0 fully saturated rings. The number of aryl methyl sites for hydroxylation is 2. The smallest absolute Gasteiger partial charge is 0.316 e. The molecular weight excluding hydrogens is 188 g/mol. The van der Waals surface area contributed by atoms with Crippen LogP contribution in [0.2, 0.25) is 0 Å². The minimum absolute atomic E-state index is 0.514. The van der Waals surface area contributed by atoms with Gasteiger partial charge in [-0.25, -0.2) is 4.79 Å². The Bertz CT molecular complexity index is 347. The third-order valence-corrected chi connectivity index (χ3v) is 2.37. The highest BCUT2D eigenvalue weighted by atomic mass is 16.2. The maximum absolute atomic E-state index is 10.7. The Balaban J connectivity index is 2.91. The van der Waals surface area contributed by atoms with Crippen molar-refractivity contribution in [3.8, 4) is 0 Å². The zero-order valence-corrected chi connectivity index (χ0v) is 9.34. The molecule has 3 N–H and O–H groups in total. The Morgan fingerprint density at radius 1 is 1.33 bits per heavy atom. The van der Waals surface area contributed by atoms with Gasteiger partial charge in [0.05, 0.1) is 0 Å². The zero-order chi connectivity index (χ0) is 11.3. The highest BCUT2D eigenvalue weighted by Gasteiger charge is 2.02. The van der Waals surface area contributed by atoms with Crippen LogP contribution in [0.4, 0.5) is 10.5 Å². The van der Waals surface area contributed by atoms with Crippen LogP contribution in [-0.4, -0.2) is 6.03 Å². The van der Waals surface area contributed by atoms with E-state index in [4.69, 9.17) is 5.73 Å². The van der Waals surface area contributed by atoms with Gasteiger partial charge >= 0.3 is 6.03 Å². The number of hydrogen-bond donors (Lipinski definition) is 2. The second kappa shape index (κ2) is 5.39. The fourth-order valence-corrected chi connectivity index (χ4v) is 1.69. The summed E-state index contributed by atoms with van der Waals surface area (Å²) in [7, 11) is 0. The van der Waals surface area contributed by atoms with Gasteiger partial charge in [-0.3, -0.25) is 0 Å². The largest absolute Gasteiger partial charge is 0.351 e. The molecule has 0 aliphatic rings. The molecule has 1 aromatic carbocycles. The van der Waals surface area contributed by atoms with Gasteiger partial charge in [0.1, 0.15) is 0 Å². The number of primary amides is 1. The molecule has 0 spiro atoms. The standard InChI is InChI=1S/C12H18N2O/c1-3-5-10-6-7-11(14-12(13)15)8-9(10)4-2/h6-8H,3-5H2,1-2H3,(H3,13,14,15). The molecule has 0 aliphatic carbocycles. The lowest BCUT2D eigenvalue weighted by molar-refractivity contribution is 0.259. The van der Waals surface area contributed by atoms with Gasteiger partial charge in [-0.05, 0) is 36.1 Å². The Kier molecular flexibility index (Phi) is 4.16. The summed E-state index contributed by atoms with van der Waals surface area (Å²) in [5, 5.41) is 2.59. The highest BCUT2D eigenvalue weighted by Crippen LogP contribution is 2.17. The minimum atomic E-state index is -0.514. The van der Waals surface area contributed by atoms with Gasteiger partial charge in [-0.15, -0.1) is 0 Å². The highest BCUT2D eigenvalue weighted by molar-refractivity contribution is 5.87. The maximum Gasteiger partial charge on any atom is 0.316 e.